The molecule has 6 heteroatoms. The number of aliphatic carboxylic acids is 1. The molecule has 4 unspecified atom stereocenters. The van der Waals surface area contributed by atoms with Gasteiger partial charge >= 0.3 is 5.97 Å². The smallest absolute Gasteiger partial charge is 0.305 e. The highest BCUT2D eigenvalue weighted by Gasteiger charge is 2.43. The van der Waals surface area contributed by atoms with Gasteiger partial charge in [0, 0.05) is 5.92 Å². The van der Waals surface area contributed by atoms with E-state index in [1.807, 2.05) is 13.8 Å². The molecule has 2 aliphatic rings. The van der Waals surface area contributed by atoms with Crippen LogP contribution in [0.5, 0.6) is 0 Å². The third-order valence-electron chi connectivity index (χ3n) is 5.06. The van der Waals surface area contributed by atoms with Crippen LogP contribution >= 0.6 is 0 Å². The minimum Gasteiger partial charge on any atom is -0.481 e. The molecule has 1 aromatic rings. The maximum Gasteiger partial charge on any atom is 0.305 e. The molecule has 110 valence electrons. The molecule has 1 heterocycles. The number of tetrazole rings is 1. The van der Waals surface area contributed by atoms with Gasteiger partial charge in [-0.25, -0.2) is 4.68 Å². The molecule has 20 heavy (non-hydrogen) atoms. The zero-order chi connectivity index (χ0) is 14.3. The van der Waals surface area contributed by atoms with Crippen molar-refractivity contribution < 1.29 is 9.90 Å². The summed E-state index contributed by atoms with van der Waals surface area (Å²) in [5.74, 6) is 2.27. The van der Waals surface area contributed by atoms with Crippen LogP contribution in [0, 0.1) is 17.8 Å². The van der Waals surface area contributed by atoms with Gasteiger partial charge < -0.3 is 5.11 Å². The van der Waals surface area contributed by atoms with E-state index in [1.165, 1.54) is 25.7 Å². The first-order valence-electron chi connectivity index (χ1n) is 7.55. The summed E-state index contributed by atoms with van der Waals surface area (Å²) >= 11 is 0. The Kier molecular flexibility index (Phi) is 3.48. The monoisotopic (exact) mass is 278 g/mol. The number of rotatable bonds is 5. The summed E-state index contributed by atoms with van der Waals surface area (Å²) in [4.78, 5) is 11.1. The SMILES string of the molecule is CC(C)C(CC(=O)O)n1nnnc1C1CC2CCC1C2. The molecule has 2 saturated carbocycles. The van der Waals surface area contributed by atoms with Gasteiger partial charge in [-0.05, 0) is 47.4 Å². The fraction of sp³-hybridized carbons (Fsp3) is 0.857. The first-order chi connectivity index (χ1) is 9.56. The van der Waals surface area contributed by atoms with Crippen LogP contribution in [0.2, 0.25) is 0 Å². The number of fused-ring (bicyclic) bond motifs is 2. The van der Waals surface area contributed by atoms with E-state index in [2.05, 4.69) is 15.5 Å². The minimum absolute atomic E-state index is 0.0799. The van der Waals surface area contributed by atoms with E-state index >= 15 is 0 Å². The molecule has 1 aromatic heterocycles. The summed E-state index contributed by atoms with van der Waals surface area (Å²) in [7, 11) is 0. The van der Waals surface area contributed by atoms with E-state index in [-0.39, 0.29) is 18.4 Å². The number of carboxylic acids is 1. The average molecular weight is 278 g/mol. The van der Waals surface area contributed by atoms with Crippen molar-refractivity contribution in [2.24, 2.45) is 17.8 Å². The van der Waals surface area contributed by atoms with Crippen LogP contribution in [0.3, 0.4) is 0 Å². The van der Waals surface area contributed by atoms with E-state index in [0.29, 0.717) is 11.8 Å². The number of hydrogen-bond acceptors (Lipinski definition) is 4. The van der Waals surface area contributed by atoms with Gasteiger partial charge in [0.15, 0.2) is 5.82 Å². The Morgan fingerprint density at radius 3 is 2.75 bits per heavy atom. The van der Waals surface area contributed by atoms with Crippen molar-refractivity contribution in [3.05, 3.63) is 5.82 Å². The van der Waals surface area contributed by atoms with Crippen molar-refractivity contribution in [2.75, 3.05) is 0 Å². The topological polar surface area (TPSA) is 80.9 Å². The first kappa shape index (κ1) is 13.5. The molecule has 6 nitrogen and oxygen atoms in total. The van der Waals surface area contributed by atoms with Crippen LogP contribution in [0.1, 0.15) is 63.7 Å². The number of nitrogens with zero attached hydrogens (tertiary/aromatic N) is 4. The average Bonchev–Trinajstić information content (AvgIpc) is 3.10. The molecule has 2 aliphatic carbocycles. The molecule has 0 saturated heterocycles. The van der Waals surface area contributed by atoms with Gasteiger partial charge in [0.05, 0.1) is 12.5 Å². The molecule has 0 amide bonds. The van der Waals surface area contributed by atoms with Gasteiger partial charge in [-0.15, -0.1) is 5.10 Å². The van der Waals surface area contributed by atoms with Crippen molar-refractivity contribution in [3.8, 4) is 0 Å². The lowest BCUT2D eigenvalue weighted by Gasteiger charge is -2.25. The number of hydrogen-bond donors (Lipinski definition) is 1. The lowest BCUT2D eigenvalue weighted by molar-refractivity contribution is -0.138. The van der Waals surface area contributed by atoms with Crippen molar-refractivity contribution >= 4 is 5.97 Å². The van der Waals surface area contributed by atoms with E-state index in [9.17, 15) is 4.79 Å². The third kappa shape index (κ3) is 2.31. The molecule has 0 aliphatic heterocycles. The second kappa shape index (κ2) is 5.14. The Bertz CT molecular complexity index is 499. The van der Waals surface area contributed by atoms with Gasteiger partial charge in [0.1, 0.15) is 0 Å². The fourth-order valence-corrected chi connectivity index (χ4v) is 4.03. The molecule has 2 fully saturated rings. The standard InChI is InChI=1S/C14H22N4O2/c1-8(2)12(7-13(19)20)18-14(15-16-17-18)11-6-9-3-4-10(11)5-9/h8-12H,3-7H2,1-2H3,(H,19,20). The summed E-state index contributed by atoms with van der Waals surface area (Å²) in [6.07, 6.45) is 5.15. The molecule has 0 radical (unpaired) electrons. The summed E-state index contributed by atoms with van der Waals surface area (Å²) < 4.78 is 1.80. The van der Waals surface area contributed by atoms with Crippen LogP contribution in [0.15, 0.2) is 0 Å². The van der Waals surface area contributed by atoms with Crippen molar-refractivity contribution in [3.63, 3.8) is 0 Å². The third-order valence-corrected chi connectivity index (χ3v) is 5.06. The number of carbonyl (C=O) groups is 1. The predicted molar refractivity (Wildman–Crippen MR) is 72.1 cm³/mol. The van der Waals surface area contributed by atoms with Crippen LogP contribution < -0.4 is 0 Å². The zero-order valence-electron chi connectivity index (χ0n) is 12.1. The Morgan fingerprint density at radius 1 is 1.40 bits per heavy atom. The second-order valence-electron chi connectivity index (χ2n) is 6.67. The quantitative estimate of drug-likeness (QED) is 0.893. The predicted octanol–water partition coefficient (Wildman–Crippen LogP) is 2.25. The highest BCUT2D eigenvalue weighted by molar-refractivity contribution is 5.67. The fourth-order valence-electron chi connectivity index (χ4n) is 4.03. The summed E-state index contributed by atoms with van der Waals surface area (Å²) in [6, 6.07) is -0.156. The van der Waals surface area contributed by atoms with Crippen LogP contribution in [-0.4, -0.2) is 31.3 Å². The normalized spacial score (nSPS) is 30.1. The lowest BCUT2D eigenvalue weighted by Crippen LogP contribution is -2.25. The van der Waals surface area contributed by atoms with Gasteiger partial charge in [0.25, 0.3) is 0 Å². The molecule has 0 aromatic carbocycles. The van der Waals surface area contributed by atoms with E-state index in [4.69, 9.17) is 5.11 Å². The highest BCUT2D eigenvalue weighted by Crippen LogP contribution is 2.52. The molecular formula is C14H22N4O2. The van der Waals surface area contributed by atoms with Crippen molar-refractivity contribution in [1.82, 2.24) is 20.2 Å². The van der Waals surface area contributed by atoms with Crippen LogP contribution in [0.25, 0.3) is 0 Å². The summed E-state index contributed by atoms with van der Waals surface area (Å²) in [5.41, 5.74) is 0. The molecule has 4 atom stereocenters. The minimum atomic E-state index is -0.793. The van der Waals surface area contributed by atoms with Crippen LogP contribution in [0.4, 0.5) is 0 Å². The maximum atomic E-state index is 11.1. The summed E-state index contributed by atoms with van der Waals surface area (Å²) in [5, 5.41) is 21.3. The Morgan fingerprint density at radius 2 is 2.20 bits per heavy atom. The van der Waals surface area contributed by atoms with Gasteiger partial charge in [0.2, 0.25) is 0 Å². The molecule has 3 rings (SSSR count). The van der Waals surface area contributed by atoms with E-state index < -0.39 is 5.97 Å². The zero-order valence-corrected chi connectivity index (χ0v) is 12.1. The summed E-state index contributed by atoms with van der Waals surface area (Å²) in [6.45, 7) is 4.06. The van der Waals surface area contributed by atoms with E-state index in [0.717, 1.165) is 11.7 Å². The maximum absolute atomic E-state index is 11.1. The largest absolute Gasteiger partial charge is 0.481 e. The molecule has 0 spiro atoms. The molecular weight excluding hydrogens is 256 g/mol. The second-order valence-corrected chi connectivity index (χ2v) is 6.67. The molecule has 2 bridgehead atoms. The Labute approximate surface area is 118 Å². The van der Waals surface area contributed by atoms with Crippen molar-refractivity contribution in [2.45, 2.75) is 57.9 Å². The highest BCUT2D eigenvalue weighted by atomic mass is 16.4. The van der Waals surface area contributed by atoms with Crippen LogP contribution in [-0.2, 0) is 4.79 Å². The van der Waals surface area contributed by atoms with Gasteiger partial charge in [-0.3, -0.25) is 4.79 Å². The Balaban J connectivity index is 1.86. The van der Waals surface area contributed by atoms with Gasteiger partial charge in [-0.1, -0.05) is 20.3 Å². The van der Waals surface area contributed by atoms with Gasteiger partial charge in [-0.2, -0.15) is 0 Å². The van der Waals surface area contributed by atoms with E-state index in [1.54, 1.807) is 4.68 Å². The number of aromatic nitrogens is 4. The van der Waals surface area contributed by atoms with Crippen molar-refractivity contribution in [1.29, 1.82) is 0 Å². The first-order valence-corrected chi connectivity index (χ1v) is 7.55. The number of carboxylic acid groups (broad SMARTS) is 1. The molecule has 1 N–H and O–H groups in total. The Hall–Kier alpha value is -1.46. The lowest BCUT2D eigenvalue weighted by atomic mass is 9.87.